The van der Waals surface area contributed by atoms with Crippen LogP contribution in [-0.2, 0) is 4.79 Å². The Kier molecular flexibility index (Phi) is 5.39. The van der Waals surface area contributed by atoms with Crippen LogP contribution in [0.1, 0.15) is 37.7 Å². The summed E-state index contributed by atoms with van der Waals surface area (Å²) < 4.78 is 0. The molecule has 0 atom stereocenters. The SMILES string of the molecule is O=C(CSC1=NC2(CCCCC2)N=C1c1ccccc1)Nc1ccccc1. The lowest BCUT2D eigenvalue weighted by Gasteiger charge is -2.27. The summed E-state index contributed by atoms with van der Waals surface area (Å²) in [6, 6.07) is 19.7. The largest absolute Gasteiger partial charge is 0.325 e. The summed E-state index contributed by atoms with van der Waals surface area (Å²) >= 11 is 1.49. The molecular formula is C22H23N3OS. The van der Waals surface area contributed by atoms with Crippen LogP contribution in [0.15, 0.2) is 70.6 Å². The molecule has 138 valence electrons. The monoisotopic (exact) mass is 377 g/mol. The van der Waals surface area contributed by atoms with Crippen LogP contribution in [0.5, 0.6) is 0 Å². The molecule has 4 rings (SSSR count). The van der Waals surface area contributed by atoms with E-state index in [1.54, 1.807) is 0 Å². The number of benzene rings is 2. The average Bonchev–Trinajstić information content (AvgIpc) is 3.06. The molecule has 2 aliphatic rings. The predicted molar refractivity (Wildman–Crippen MR) is 114 cm³/mol. The second kappa shape index (κ2) is 8.09. The maximum Gasteiger partial charge on any atom is 0.234 e. The van der Waals surface area contributed by atoms with Crippen LogP contribution in [0.4, 0.5) is 5.69 Å². The third-order valence-corrected chi connectivity index (χ3v) is 5.90. The number of carbonyl (C=O) groups excluding carboxylic acids is 1. The molecule has 0 radical (unpaired) electrons. The van der Waals surface area contributed by atoms with Crippen molar-refractivity contribution >= 4 is 34.1 Å². The summed E-state index contributed by atoms with van der Waals surface area (Å²) in [7, 11) is 0. The Labute approximate surface area is 164 Å². The van der Waals surface area contributed by atoms with Crippen LogP contribution in [-0.4, -0.2) is 28.1 Å². The van der Waals surface area contributed by atoms with Crippen molar-refractivity contribution in [3.8, 4) is 0 Å². The van der Waals surface area contributed by atoms with Crippen molar-refractivity contribution in [1.82, 2.24) is 0 Å². The maximum atomic E-state index is 12.4. The Morgan fingerprint density at radius 1 is 0.926 bits per heavy atom. The number of nitrogens with one attached hydrogen (secondary N) is 1. The molecule has 27 heavy (non-hydrogen) atoms. The minimum atomic E-state index is -0.304. The average molecular weight is 378 g/mol. The van der Waals surface area contributed by atoms with E-state index in [1.165, 1.54) is 31.0 Å². The molecular weight excluding hydrogens is 354 g/mol. The number of hydrogen-bond donors (Lipinski definition) is 1. The Hall–Kier alpha value is -2.40. The van der Waals surface area contributed by atoms with Crippen LogP contribution >= 0.6 is 11.8 Å². The molecule has 2 aromatic rings. The molecule has 1 heterocycles. The zero-order valence-electron chi connectivity index (χ0n) is 15.2. The van der Waals surface area contributed by atoms with Crippen molar-refractivity contribution in [2.45, 2.75) is 37.8 Å². The van der Waals surface area contributed by atoms with Crippen LogP contribution in [0.2, 0.25) is 0 Å². The van der Waals surface area contributed by atoms with Gasteiger partial charge in [0.15, 0.2) is 5.66 Å². The molecule has 4 nitrogen and oxygen atoms in total. The molecule has 0 unspecified atom stereocenters. The number of anilines is 1. The summed E-state index contributed by atoms with van der Waals surface area (Å²) in [6.45, 7) is 0. The van der Waals surface area contributed by atoms with Crippen LogP contribution in [0, 0.1) is 0 Å². The topological polar surface area (TPSA) is 53.8 Å². The fourth-order valence-corrected chi connectivity index (χ4v) is 4.48. The van der Waals surface area contributed by atoms with Gasteiger partial charge in [-0.1, -0.05) is 66.7 Å². The summed E-state index contributed by atoms with van der Waals surface area (Å²) in [5.74, 6) is 0.307. The van der Waals surface area contributed by atoms with Crippen molar-refractivity contribution < 1.29 is 4.79 Å². The van der Waals surface area contributed by atoms with Gasteiger partial charge >= 0.3 is 0 Å². The quantitative estimate of drug-likeness (QED) is 0.822. The number of thioether (sulfide) groups is 1. The fourth-order valence-electron chi connectivity index (χ4n) is 3.60. The van der Waals surface area contributed by atoms with E-state index >= 15 is 0 Å². The van der Waals surface area contributed by atoms with Gasteiger partial charge in [0.2, 0.25) is 5.91 Å². The summed E-state index contributed by atoms with van der Waals surface area (Å²) in [5.41, 5.74) is 2.53. The Morgan fingerprint density at radius 3 is 2.30 bits per heavy atom. The molecule has 2 aromatic carbocycles. The molecule has 1 aliphatic heterocycles. The lowest BCUT2D eigenvalue weighted by atomic mass is 9.90. The molecule has 1 aliphatic carbocycles. The van der Waals surface area contributed by atoms with Gasteiger partial charge in [-0.2, -0.15) is 0 Å². The summed E-state index contributed by atoms with van der Waals surface area (Å²) in [4.78, 5) is 22.4. The number of aliphatic imine (C=N–C) groups is 2. The fraction of sp³-hybridized carbons (Fsp3) is 0.318. The lowest BCUT2D eigenvalue weighted by molar-refractivity contribution is -0.113. The molecule has 1 fully saturated rings. The third-order valence-electron chi connectivity index (χ3n) is 4.93. The molecule has 1 saturated carbocycles. The van der Waals surface area contributed by atoms with Gasteiger partial charge in [-0.25, -0.2) is 4.99 Å². The van der Waals surface area contributed by atoms with E-state index < -0.39 is 0 Å². The first-order valence-corrected chi connectivity index (χ1v) is 10.5. The smallest absolute Gasteiger partial charge is 0.234 e. The van der Waals surface area contributed by atoms with Gasteiger partial charge in [-0.15, -0.1) is 0 Å². The zero-order chi connectivity index (χ0) is 18.5. The normalized spacial score (nSPS) is 18.1. The van der Waals surface area contributed by atoms with E-state index in [0.29, 0.717) is 5.75 Å². The molecule has 0 aromatic heterocycles. The van der Waals surface area contributed by atoms with Gasteiger partial charge in [-0.3, -0.25) is 9.79 Å². The number of nitrogens with zero attached hydrogens (tertiary/aromatic N) is 2. The van der Waals surface area contributed by atoms with Crippen molar-refractivity contribution in [3.63, 3.8) is 0 Å². The standard InChI is InChI=1S/C22H23N3OS/c26-19(23-18-12-6-2-7-13-18)16-27-21-20(17-10-4-1-5-11-17)24-22(25-21)14-8-3-9-15-22/h1-2,4-7,10-13H,3,8-9,14-16H2,(H,23,26). The van der Waals surface area contributed by atoms with Crippen LogP contribution in [0.3, 0.4) is 0 Å². The molecule has 1 spiro atoms. The van der Waals surface area contributed by atoms with Gasteiger partial charge in [-0.05, 0) is 37.8 Å². The highest BCUT2D eigenvalue weighted by atomic mass is 32.2. The predicted octanol–water partition coefficient (Wildman–Crippen LogP) is 4.92. The Morgan fingerprint density at radius 2 is 1.59 bits per heavy atom. The van der Waals surface area contributed by atoms with Gasteiger partial charge in [0.05, 0.1) is 11.5 Å². The number of rotatable bonds is 4. The first-order chi connectivity index (χ1) is 13.2. The van der Waals surface area contributed by atoms with E-state index in [0.717, 1.165) is 34.8 Å². The van der Waals surface area contributed by atoms with Crippen molar-refractivity contribution in [1.29, 1.82) is 0 Å². The second-order valence-electron chi connectivity index (χ2n) is 6.99. The lowest BCUT2D eigenvalue weighted by Crippen LogP contribution is -2.25. The first-order valence-electron chi connectivity index (χ1n) is 9.47. The van der Waals surface area contributed by atoms with Gasteiger partial charge in [0.25, 0.3) is 0 Å². The first kappa shape index (κ1) is 18.0. The molecule has 1 amide bonds. The number of hydrogen-bond acceptors (Lipinski definition) is 4. The van der Waals surface area contributed by atoms with E-state index in [1.807, 2.05) is 48.5 Å². The van der Waals surface area contributed by atoms with E-state index in [4.69, 9.17) is 9.98 Å². The summed E-state index contributed by atoms with van der Waals surface area (Å²) in [5, 5.41) is 3.83. The van der Waals surface area contributed by atoms with Crippen molar-refractivity contribution in [2.24, 2.45) is 9.98 Å². The number of amides is 1. The van der Waals surface area contributed by atoms with Gasteiger partial charge in [0, 0.05) is 11.3 Å². The highest BCUT2D eigenvalue weighted by molar-refractivity contribution is 8.16. The second-order valence-corrected chi connectivity index (χ2v) is 7.95. The highest BCUT2D eigenvalue weighted by Crippen LogP contribution is 2.38. The van der Waals surface area contributed by atoms with E-state index in [-0.39, 0.29) is 11.6 Å². The zero-order valence-corrected chi connectivity index (χ0v) is 16.0. The number of carbonyl (C=O) groups is 1. The van der Waals surface area contributed by atoms with Crippen LogP contribution in [0.25, 0.3) is 0 Å². The minimum absolute atomic E-state index is 0.0223. The number of para-hydroxylation sites is 1. The third kappa shape index (κ3) is 4.30. The molecule has 0 bridgehead atoms. The molecule has 5 heteroatoms. The van der Waals surface area contributed by atoms with E-state index in [2.05, 4.69) is 17.4 Å². The summed E-state index contributed by atoms with van der Waals surface area (Å²) in [6.07, 6.45) is 5.60. The molecule has 0 saturated heterocycles. The van der Waals surface area contributed by atoms with Gasteiger partial charge in [0.1, 0.15) is 5.04 Å². The highest BCUT2D eigenvalue weighted by Gasteiger charge is 2.37. The van der Waals surface area contributed by atoms with Gasteiger partial charge < -0.3 is 5.32 Å². The minimum Gasteiger partial charge on any atom is -0.325 e. The Bertz CT molecular complexity index is 856. The Balaban J connectivity index is 1.50. The maximum absolute atomic E-state index is 12.4. The van der Waals surface area contributed by atoms with Crippen molar-refractivity contribution in [3.05, 3.63) is 66.2 Å². The van der Waals surface area contributed by atoms with Crippen molar-refractivity contribution in [2.75, 3.05) is 11.1 Å². The van der Waals surface area contributed by atoms with Crippen LogP contribution < -0.4 is 5.32 Å². The van der Waals surface area contributed by atoms with E-state index in [9.17, 15) is 4.79 Å². The molecule has 1 N–H and O–H groups in total.